The fourth-order valence-corrected chi connectivity index (χ4v) is 4.07. The molecule has 1 saturated heterocycles. The second-order valence-corrected chi connectivity index (χ2v) is 8.32. The summed E-state index contributed by atoms with van der Waals surface area (Å²) in [4.78, 5) is 22.7. The number of methoxy groups -OCH3 is 2. The van der Waals surface area contributed by atoms with Crippen LogP contribution >= 0.6 is 11.6 Å². The highest BCUT2D eigenvalue weighted by Crippen LogP contribution is 2.36. The maximum absolute atomic E-state index is 14.4. The Morgan fingerprint density at radius 2 is 2.00 bits per heavy atom. The maximum Gasteiger partial charge on any atom is 0.224 e. The number of hydrogen-bond donors (Lipinski definition) is 1. The molecule has 0 bridgehead atoms. The molecule has 1 aromatic heterocycles. The summed E-state index contributed by atoms with van der Waals surface area (Å²) in [6.07, 6.45) is 3.15. The van der Waals surface area contributed by atoms with Crippen molar-refractivity contribution in [2.45, 2.75) is 25.4 Å². The topological polar surface area (TPSA) is 85.8 Å². The Morgan fingerprint density at radius 3 is 2.74 bits per heavy atom. The largest absolute Gasteiger partial charge is 0.493 e. The van der Waals surface area contributed by atoms with Gasteiger partial charge in [0.15, 0.2) is 17.3 Å². The van der Waals surface area contributed by atoms with Crippen molar-refractivity contribution in [3.63, 3.8) is 0 Å². The predicted molar refractivity (Wildman–Crippen MR) is 128 cm³/mol. The molecule has 1 N–H and O–H groups in total. The summed E-state index contributed by atoms with van der Waals surface area (Å²) in [7, 11) is 3.14. The average Bonchev–Trinajstić information content (AvgIpc) is 2.85. The fraction of sp³-hybridized carbons (Fsp3) is 0.375. The SMILES string of the molecule is COCCC(=O)N1CCC(Oc2cc3ncnc(Nc4cccc(Cl)c4F)c3cc2OC)CC1. The lowest BCUT2D eigenvalue weighted by Gasteiger charge is -2.32. The third-order valence-corrected chi connectivity index (χ3v) is 6.03. The van der Waals surface area contributed by atoms with Crippen LogP contribution in [0.15, 0.2) is 36.7 Å². The van der Waals surface area contributed by atoms with E-state index in [1.165, 1.54) is 12.4 Å². The predicted octanol–water partition coefficient (Wildman–Crippen LogP) is 4.58. The van der Waals surface area contributed by atoms with Crippen LogP contribution in [0.4, 0.5) is 15.9 Å². The van der Waals surface area contributed by atoms with Crippen LogP contribution in [0.1, 0.15) is 19.3 Å². The van der Waals surface area contributed by atoms with Gasteiger partial charge >= 0.3 is 0 Å². The summed E-state index contributed by atoms with van der Waals surface area (Å²) in [6.45, 7) is 1.68. The van der Waals surface area contributed by atoms with E-state index in [0.717, 1.165) is 0 Å². The van der Waals surface area contributed by atoms with Gasteiger partial charge in [-0.3, -0.25) is 4.79 Å². The number of carbonyl (C=O) groups is 1. The van der Waals surface area contributed by atoms with Crippen molar-refractivity contribution in [3.05, 3.63) is 47.5 Å². The quantitative estimate of drug-likeness (QED) is 0.496. The summed E-state index contributed by atoms with van der Waals surface area (Å²) in [5.41, 5.74) is 0.821. The first-order valence-corrected chi connectivity index (χ1v) is 11.3. The zero-order valence-corrected chi connectivity index (χ0v) is 19.8. The van der Waals surface area contributed by atoms with Crippen molar-refractivity contribution in [1.29, 1.82) is 0 Å². The number of aromatic nitrogens is 2. The van der Waals surface area contributed by atoms with E-state index in [1.54, 1.807) is 38.5 Å². The van der Waals surface area contributed by atoms with E-state index in [4.69, 9.17) is 25.8 Å². The van der Waals surface area contributed by atoms with E-state index < -0.39 is 5.82 Å². The molecule has 4 rings (SSSR count). The Balaban J connectivity index is 1.51. The molecule has 8 nitrogen and oxygen atoms in total. The number of hydrogen-bond acceptors (Lipinski definition) is 7. The Hall–Kier alpha value is -3.17. The molecule has 0 atom stereocenters. The fourth-order valence-electron chi connectivity index (χ4n) is 3.89. The number of benzene rings is 2. The molecular formula is C24H26ClFN4O4. The molecule has 1 aliphatic heterocycles. The minimum atomic E-state index is -0.560. The Bertz CT molecular complexity index is 1170. The normalized spacial score (nSPS) is 14.3. The molecule has 1 fully saturated rings. The third-order valence-electron chi connectivity index (χ3n) is 5.73. The van der Waals surface area contributed by atoms with E-state index in [-0.39, 0.29) is 22.7 Å². The van der Waals surface area contributed by atoms with Crippen LogP contribution in [0, 0.1) is 5.82 Å². The van der Waals surface area contributed by atoms with Crippen molar-refractivity contribution in [2.75, 3.05) is 39.2 Å². The van der Waals surface area contributed by atoms with Crippen LogP contribution in [-0.2, 0) is 9.53 Å². The number of piperidine rings is 1. The first-order chi connectivity index (χ1) is 16.5. The van der Waals surface area contributed by atoms with Crippen molar-refractivity contribution >= 4 is 39.9 Å². The lowest BCUT2D eigenvalue weighted by atomic mass is 10.1. The Morgan fingerprint density at radius 1 is 1.21 bits per heavy atom. The zero-order chi connectivity index (χ0) is 24.1. The van der Waals surface area contributed by atoms with E-state index >= 15 is 0 Å². The van der Waals surface area contributed by atoms with Gasteiger partial charge < -0.3 is 24.4 Å². The molecular weight excluding hydrogens is 463 g/mol. The van der Waals surface area contributed by atoms with Gasteiger partial charge in [0.25, 0.3) is 0 Å². The van der Waals surface area contributed by atoms with Crippen molar-refractivity contribution in [3.8, 4) is 11.5 Å². The molecule has 0 spiro atoms. The highest BCUT2D eigenvalue weighted by molar-refractivity contribution is 6.31. The number of nitrogens with zero attached hydrogens (tertiary/aromatic N) is 3. The molecule has 1 aliphatic rings. The molecule has 0 aliphatic carbocycles. The van der Waals surface area contributed by atoms with Crippen LogP contribution in [0.25, 0.3) is 10.9 Å². The molecule has 10 heteroatoms. The first-order valence-electron chi connectivity index (χ1n) is 11.0. The summed E-state index contributed by atoms with van der Waals surface area (Å²) < 4.78 is 31.2. The van der Waals surface area contributed by atoms with Crippen LogP contribution in [-0.4, -0.2) is 60.8 Å². The van der Waals surface area contributed by atoms with Gasteiger partial charge in [0, 0.05) is 44.5 Å². The molecule has 2 heterocycles. The number of fused-ring (bicyclic) bond motifs is 1. The van der Waals surface area contributed by atoms with Crippen LogP contribution in [0.5, 0.6) is 11.5 Å². The number of halogens is 2. The van der Waals surface area contributed by atoms with Gasteiger partial charge in [-0.05, 0) is 18.2 Å². The minimum Gasteiger partial charge on any atom is -0.493 e. The van der Waals surface area contributed by atoms with Crippen LogP contribution < -0.4 is 14.8 Å². The van der Waals surface area contributed by atoms with E-state index in [9.17, 15) is 9.18 Å². The van der Waals surface area contributed by atoms with Crippen molar-refractivity contribution in [1.82, 2.24) is 14.9 Å². The number of nitrogens with one attached hydrogen (secondary N) is 1. The lowest BCUT2D eigenvalue weighted by Crippen LogP contribution is -2.42. The lowest BCUT2D eigenvalue weighted by molar-refractivity contribution is -0.133. The van der Waals surface area contributed by atoms with E-state index in [2.05, 4.69) is 15.3 Å². The second-order valence-electron chi connectivity index (χ2n) is 7.91. The molecule has 3 aromatic rings. The van der Waals surface area contributed by atoms with Gasteiger partial charge in [0.1, 0.15) is 18.2 Å². The third kappa shape index (κ3) is 5.31. The average molecular weight is 489 g/mol. The summed E-state index contributed by atoms with van der Waals surface area (Å²) >= 11 is 5.90. The standard InChI is InChI=1S/C24H26ClFN4O4/c1-32-11-8-22(31)30-9-6-15(7-10-30)34-21-13-19-16(12-20(21)33-2)24(28-14-27-19)29-18-5-3-4-17(25)23(18)26/h3-5,12-15H,6-11H2,1-2H3,(H,27,28,29). The van der Waals surface area contributed by atoms with Crippen LogP contribution in [0.2, 0.25) is 5.02 Å². The Labute approximate surface area is 202 Å². The minimum absolute atomic E-state index is 0.0167. The molecule has 0 radical (unpaired) electrons. The maximum atomic E-state index is 14.4. The van der Waals surface area contributed by atoms with Gasteiger partial charge in [-0.2, -0.15) is 0 Å². The van der Waals surface area contributed by atoms with E-state index in [1.807, 2.05) is 4.90 Å². The second kappa shape index (κ2) is 10.8. The Kier molecular flexibility index (Phi) is 7.64. The van der Waals surface area contributed by atoms with Crippen molar-refractivity contribution < 1.29 is 23.4 Å². The van der Waals surface area contributed by atoms with Crippen LogP contribution in [0.3, 0.4) is 0 Å². The molecule has 180 valence electrons. The van der Waals surface area contributed by atoms with Gasteiger partial charge in [0.2, 0.25) is 5.91 Å². The smallest absolute Gasteiger partial charge is 0.224 e. The number of anilines is 2. The number of ether oxygens (including phenoxy) is 3. The molecule has 0 unspecified atom stereocenters. The van der Waals surface area contributed by atoms with Gasteiger partial charge in [-0.15, -0.1) is 0 Å². The van der Waals surface area contributed by atoms with Gasteiger partial charge in [-0.25, -0.2) is 14.4 Å². The monoisotopic (exact) mass is 488 g/mol. The zero-order valence-electron chi connectivity index (χ0n) is 19.0. The molecule has 0 saturated carbocycles. The first kappa shape index (κ1) is 24.0. The number of amides is 1. The van der Waals surface area contributed by atoms with Crippen molar-refractivity contribution in [2.24, 2.45) is 0 Å². The summed E-state index contributed by atoms with van der Waals surface area (Å²) in [5.74, 6) is 1.01. The highest BCUT2D eigenvalue weighted by Gasteiger charge is 2.25. The molecule has 34 heavy (non-hydrogen) atoms. The number of rotatable bonds is 8. The summed E-state index contributed by atoms with van der Waals surface area (Å²) in [5, 5.41) is 3.64. The highest BCUT2D eigenvalue weighted by atomic mass is 35.5. The van der Waals surface area contributed by atoms with Gasteiger partial charge in [-0.1, -0.05) is 17.7 Å². The molecule has 1 amide bonds. The number of likely N-dealkylation sites (tertiary alicyclic amines) is 1. The molecule has 2 aromatic carbocycles. The van der Waals surface area contributed by atoms with E-state index in [0.29, 0.717) is 67.2 Å². The summed E-state index contributed by atoms with van der Waals surface area (Å²) in [6, 6.07) is 8.26. The van der Waals surface area contributed by atoms with Gasteiger partial charge in [0.05, 0.1) is 36.4 Å². The number of carbonyl (C=O) groups excluding carboxylic acids is 1.